The maximum Gasteiger partial charge on any atom is 0.274 e. The summed E-state index contributed by atoms with van der Waals surface area (Å²) >= 11 is 5.73. The molecule has 3 nitrogen and oxygen atoms in total. The van der Waals surface area contributed by atoms with E-state index >= 15 is 0 Å². The Balaban J connectivity index is 2.20. The number of pyridine rings is 1. The van der Waals surface area contributed by atoms with Crippen LogP contribution in [0.5, 0.6) is 0 Å². The Kier molecular flexibility index (Phi) is 3.40. The second-order valence-corrected chi connectivity index (χ2v) is 4.00. The van der Waals surface area contributed by atoms with Gasteiger partial charge in [-0.05, 0) is 30.7 Å². The van der Waals surface area contributed by atoms with Crippen LogP contribution in [0.3, 0.4) is 0 Å². The summed E-state index contributed by atoms with van der Waals surface area (Å²) in [6.07, 6.45) is 0. The number of amides is 1. The summed E-state index contributed by atoms with van der Waals surface area (Å²) in [5, 5.41) is 3.10. The first kappa shape index (κ1) is 11.6. The van der Waals surface area contributed by atoms with Crippen LogP contribution >= 0.6 is 11.6 Å². The number of nitrogens with zero attached hydrogens (tertiary/aromatic N) is 1. The van der Waals surface area contributed by atoms with E-state index in [9.17, 15) is 4.79 Å². The molecule has 1 N–H and O–H groups in total. The Bertz CT molecular complexity index is 555. The number of aromatic nitrogens is 1. The first-order chi connectivity index (χ1) is 8.16. The fraction of sp³-hybridized carbons (Fsp3) is 0.0769. The molecule has 0 spiro atoms. The molecule has 1 aromatic carbocycles. The summed E-state index contributed by atoms with van der Waals surface area (Å²) in [5.41, 5.74) is 2.09. The van der Waals surface area contributed by atoms with Crippen molar-refractivity contribution in [2.45, 2.75) is 6.92 Å². The summed E-state index contributed by atoms with van der Waals surface area (Å²) in [6, 6.07) is 12.5. The first-order valence-electron chi connectivity index (χ1n) is 5.16. The molecular formula is C13H11ClN2O. The lowest BCUT2D eigenvalue weighted by Gasteiger charge is -2.07. The molecule has 0 unspecified atom stereocenters. The molecule has 86 valence electrons. The first-order valence-corrected chi connectivity index (χ1v) is 5.54. The van der Waals surface area contributed by atoms with Crippen LogP contribution in [-0.2, 0) is 0 Å². The molecule has 0 atom stereocenters. The molecule has 0 bridgehead atoms. The van der Waals surface area contributed by atoms with Crippen LogP contribution in [0.1, 0.15) is 16.1 Å². The maximum atomic E-state index is 11.9. The van der Waals surface area contributed by atoms with E-state index in [0.717, 1.165) is 11.3 Å². The van der Waals surface area contributed by atoms with Crippen LogP contribution in [0.4, 0.5) is 5.69 Å². The smallest absolute Gasteiger partial charge is 0.274 e. The lowest BCUT2D eigenvalue weighted by atomic mass is 10.2. The molecule has 1 amide bonds. The highest BCUT2D eigenvalue weighted by molar-refractivity contribution is 6.29. The van der Waals surface area contributed by atoms with Gasteiger partial charge in [-0.1, -0.05) is 35.9 Å². The number of nitrogens with one attached hydrogen (secondary N) is 1. The van der Waals surface area contributed by atoms with Crippen LogP contribution in [0.15, 0.2) is 42.5 Å². The van der Waals surface area contributed by atoms with Crippen LogP contribution in [-0.4, -0.2) is 10.9 Å². The van der Waals surface area contributed by atoms with E-state index in [0.29, 0.717) is 10.8 Å². The minimum atomic E-state index is -0.262. The number of rotatable bonds is 2. The van der Waals surface area contributed by atoms with Gasteiger partial charge in [0, 0.05) is 5.69 Å². The zero-order valence-electron chi connectivity index (χ0n) is 9.27. The second-order valence-electron chi connectivity index (χ2n) is 3.61. The van der Waals surface area contributed by atoms with Gasteiger partial charge in [0.1, 0.15) is 10.8 Å². The quantitative estimate of drug-likeness (QED) is 0.826. The standard InChI is InChI=1S/C13H11ClN2O/c1-9-5-2-3-6-10(9)16-13(17)11-7-4-8-12(14)15-11/h2-8H,1H3,(H,16,17). The van der Waals surface area contributed by atoms with Gasteiger partial charge in [0.25, 0.3) is 5.91 Å². The highest BCUT2D eigenvalue weighted by Crippen LogP contribution is 2.14. The maximum absolute atomic E-state index is 11.9. The molecule has 0 saturated carbocycles. The Hall–Kier alpha value is -1.87. The number of benzene rings is 1. The number of para-hydroxylation sites is 1. The summed E-state index contributed by atoms with van der Waals surface area (Å²) in [4.78, 5) is 15.8. The fourth-order valence-electron chi connectivity index (χ4n) is 1.43. The van der Waals surface area contributed by atoms with Crippen LogP contribution in [0.25, 0.3) is 0 Å². The van der Waals surface area contributed by atoms with E-state index in [1.54, 1.807) is 18.2 Å². The molecule has 0 aliphatic heterocycles. The third-order valence-electron chi connectivity index (χ3n) is 2.34. The van der Waals surface area contributed by atoms with Crippen LogP contribution in [0, 0.1) is 6.92 Å². The van der Waals surface area contributed by atoms with E-state index in [1.807, 2.05) is 31.2 Å². The molecule has 1 aromatic heterocycles. The summed E-state index contributed by atoms with van der Waals surface area (Å²) in [5.74, 6) is -0.262. The number of hydrogen-bond donors (Lipinski definition) is 1. The monoisotopic (exact) mass is 246 g/mol. The largest absolute Gasteiger partial charge is 0.320 e. The van der Waals surface area contributed by atoms with E-state index < -0.39 is 0 Å². The van der Waals surface area contributed by atoms with Gasteiger partial charge in [-0.15, -0.1) is 0 Å². The van der Waals surface area contributed by atoms with Gasteiger partial charge in [-0.3, -0.25) is 4.79 Å². The van der Waals surface area contributed by atoms with Gasteiger partial charge in [0.05, 0.1) is 0 Å². The normalized spacial score (nSPS) is 10.0. The van der Waals surface area contributed by atoms with Gasteiger partial charge < -0.3 is 5.32 Å². The van der Waals surface area contributed by atoms with E-state index in [1.165, 1.54) is 0 Å². The number of anilines is 1. The number of halogens is 1. The summed E-state index contributed by atoms with van der Waals surface area (Å²) in [7, 11) is 0. The number of carbonyl (C=O) groups excluding carboxylic acids is 1. The Labute approximate surface area is 104 Å². The van der Waals surface area contributed by atoms with Crippen molar-refractivity contribution in [1.82, 2.24) is 4.98 Å². The van der Waals surface area contributed by atoms with Gasteiger partial charge in [0.2, 0.25) is 0 Å². The van der Waals surface area contributed by atoms with E-state index in [4.69, 9.17) is 11.6 Å². The highest BCUT2D eigenvalue weighted by atomic mass is 35.5. The lowest BCUT2D eigenvalue weighted by Crippen LogP contribution is -2.14. The number of aryl methyl sites for hydroxylation is 1. The summed E-state index contributed by atoms with van der Waals surface area (Å²) < 4.78 is 0. The average molecular weight is 247 g/mol. The van der Waals surface area contributed by atoms with Crippen LogP contribution < -0.4 is 5.32 Å². The van der Waals surface area contributed by atoms with Gasteiger partial charge in [-0.25, -0.2) is 4.98 Å². The van der Waals surface area contributed by atoms with E-state index in [-0.39, 0.29) is 5.91 Å². The lowest BCUT2D eigenvalue weighted by molar-refractivity contribution is 0.102. The van der Waals surface area contributed by atoms with Gasteiger partial charge in [-0.2, -0.15) is 0 Å². The fourth-order valence-corrected chi connectivity index (χ4v) is 1.60. The van der Waals surface area contributed by atoms with E-state index in [2.05, 4.69) is 10.3 Å². The molecule has 17 heavy (non-hydrogen) atoms. The Morgan fingerprint density at radius 2 is 1.94 bits per heavy atom. The topological polar surface area (TPSA) is 42.0 Å². The molecule has 0 aliphatic carbocycles. The highest BCUT2D eigenvalue weighted by Gasteiger charge is 2.08. The molecule has 2 rings (SSSR count). The molecule has 1 heterocycles. The molecule has 2 aromatic rings. The molecule has 0 fully saturated rings. The predicted molar refractivity (Wildman–Crippen MR) is 68.4 cm³/mol. The van der Waals surface area contributed by atoms with Crippen molar-refractivity contribution in [2.24, 2.45) is 0 Å². The molecular weight excluding hydrogens is 236 g/mol. The minimum absolute atomic E-state index is 0.262. The van der Waals surface area contributed by atoms with Crippen molar-refractivity contribution in [2.75, 3.05) is 5.32 Å². The Morgan fingerprint density at radius 1 is 1.18 bits per heavy atom. The van der Waals surface area contributed by atoms with Crippen molar-refractivity contribution < 1.29 is 4.79 Å². The van der Waals surface area contributed by atoms with Crippen LogP contribution in [0.2, 0.25) is 5.15 Å². The SMILES string of the molecule is Cc1ccccc1NC(=O)c1cccc(Cl)n1. The average Bonchev–Trinajstić information content (AvgIpc) is 2.32. The predicted octanol–water partition coefficient (Wildman–Crippen LogP) is 3.30. The molecule has 0 saturated heterocycles. The minimum Gasteiger partial charge on any atom is -0.320 e. The zero-order valence-corrected chi connectivity index (χ0v) is 10.0. The van der Waals surface area contributed by atoms with Crippen molar-refractivity contribution in [3.8, 4) is 0 Å². The molecule has 0 aliphatic rings. The third kappa shape index (κ3) is 2.82. The van der Waals surface area contributed by atoms with Crippen molar-refractivity contribution in [1.29, 1.82) is 0 Å². The van der Waals surface area contributed by atoms with Crippen molar-refractivity contribution >= 4 is 23.2 Å². The van der Waals surface area contributed by atoms with Gasteiger partial charge in [0.15, 0.2) is 0 Å². The number of hydrogen-bond acceptors (Lipinski definition) is 2. The van der Waals surface area contributed by atoms with Crippen molar-refractivity contribution in [3.05, 3.63) is 58.9 Å². The third-order valence-corrected chi connectivity index (χ3v) is 2.55. The van der Waals surface area contributed by atoms with Crippen molar-refractivity contribution in [3.63, 3.8) is 0 Å². The summed E-state index contributed by atoms with van der Waals surface area (Å²) in [6.45, 7) is 1.93. The Morgan fingerprint density at radius 3 is 2.65 bits per heavy atom. The number of carbonyl (C=O) groups is 1. The van der Waals surface area contributed by atoms with Gasteiger partial charge >= 0.3 is 0 Å². The second kappa shape index (κ2) is 4.97. The molecule has 0 radical (unpaired) electrons. The molecule has 4 heteroatoms. The zero-order chi connectivity index (χ0) is 12.3.